The van der Waals surface area contributed by atoms with Gasteiger partial charge in [0.15, 0.2) is 0 Å². The molecule has 0 bridgehead atoms. The largest absolute Gasteiger partial charge is 0.392 e. The molecule has 1 heterocycles. The van der Waals surface area contributed by atoms with Crippen LogP contribution in [0.5, 0.6) is 0 Å². The van der Waals surface area contributed by atoms with E-state index in [9.17, 15) is 5.11 Å². The first-order chi connectivity index (χ1) is 10.1. The molecular formula is C18H30N2O. The Morgan fingerprint density at radius 3 is 2.57 bits per heavy atom. The highest BCUT2D eigenvalue weighted by Gasteiger charge is 2.21. The summed E-state index contributed by atoms with van der Waals surface area (Å²) < 4.78 is 0. The first-order valence-corrected chi connectivity index (χ1v) is 8.26. The van der Waals surface area contributed by atoms with E-state index < -0.39 is 0 Å². The molecule has 3 nitrogen and oxygen atoms in total. The van der Waals surface area contributed by atoms with Crippen LogP contribution in [0.15, 0.2) is 24.3 Å². The summed E-state index contributed by atoms with van der Waals surface area (Å²) in [5.41, 5.74) is 2.26. The Morgan fingerprint density at radius 2 is 1.95 bits per heavy atom. The van der Waals surface area contributed by atoms with Crippen LogP contribution < -0.4 is 5.32 Å². The van der Waals surface area contributed by atoms with Gasteiger partial charge in [-0.25, -0.2) is 0 Å². The van der Waals surface area contributed by atoms with Gasteiger partial charge in [-0.05, 0) is 49.9 Å². The van der Waals surface area contributed by atoms with Crippen molar-refractivity contribution in [3.63, 3.8) is 0 Å². The summed E-state index contributed by atoms with van der Waals surface area (Å²) in [5, 5.41) is 13.0. The van der Waals surface area contributed by atoms with Gasteiger partial charge in [-0.2, -0.15) is 0 Å². The summed E-state index contributed by atoms with van der Waals surface area (Å²) in [7, 11) is 0. The Kier molecular flexibility index (Phi) is 6.22. The van der Waals surface area contributed by atoms with Gasteiger partial charge in [0.25, 0.3) is 0 Å². The Labute approximate surface area is 129 Å². The SMILES string of the molecule is CC(C)CN1CCC(N[C@@H](C)c2cccc(CO)c2)CC1. The number of aliphatic hydroxyl groups excluding tert-OH is 1. The van der Waals surface area contributed by atoms with Gasteiger partial charge in [0.2, 0.25) is 0 Å². The topological polar surface area (TPSA) is 35.5 Å². The van der Waals surface area contributed by atoms with E-state index in [1.165, 1.54) is 38.0 Å². The van der Waals surface area contributed by atoms with Crippen LogP contribution in [0.4, 0.5) is 0 Å². The molecule has 2 rings (SSSR count). The first-order valence-electron chi connectivity index (χ1n) is 8.26. The number of nitrogens with zero attached hydrogens (tertiary/aromatic N) is 1. The molecule has 0 aliphatic carbocycles. The second kappa shape index (κ2) is 7.92. The number of aliphatic hydroxyl groups is 1. The van der Waals surface area contributed by atoms with E-state index in [0.29, 0.717) is 12.1 Å². The number of hydrogen-bond donors (Lipinski definition) is 2. The normalized spacial score (nSPS) is 19.1. The highest BCUT2D eigenvalue weighted by Crippen LogP contribution is 2.19. The number of benzene rings is 1. The Hall–Kier alpha value is -0.900. The molecule has 1 aliphatic heterocycles. The van der Waals surface area contributed by atoms with Crippen LogP contribution >= 0.6 is 0 Å². The summed E-state index contributed by atoms with van der Waals surface area (Å²) >= 11 is 0. The lowest BCUT2D eigenvalue weighted by molar-refractivity contribution is 0.175. The smallest absolute Gasteiger partial charge is 0.0681 e. The first kappa shape index (κ1) is 16.5. The second-order valence-corrected chi connectivity index (χ2v) is 6.76. The van der Waals surface area contributed by atoms with Crippen molar-refractivity contribution in [1.29, 1.82) is 0 Å². The third-order valence-corrected chi connectivity index (χ3v) is 4.33. The third kappa shape index (κ3) is 5.10. The third-order valence-electron chi connectivity index (χ3n) is 4.33. The minimum atomic E-state index is 0.119. The number of nitrogens with one attached hydrogen (secondary N) is 1. The standard InChI is InChI=1S/C18H30N2O/c1-14(2)12-20-9-7-18(8-10-20)19-15(3)17-6-4-5-16(11-17)13-21/h4-6,11,14-15,18-19,21H,7-10,12-13H2,1-3H3/t15-/m0/s1. The second-order valence-electron chi connectivity index (χ2n) is 6.76. The molecular weight excluding hydrogens is 260 g/mol. The van der Waals surface area contributed by atoms with E-state index in [4.69, 9.17) is 0 Å². The van der Waals surface area contributed by atoms with Crippen molar-refractivity contribution in [2.24, 2.45) is 5.92 Å². The maximum Gasteiger partial charge on any atom is 0.0681 e. The van der Waals surface area contributed by atoms with Crippen LogP contribution in [0.2, 0.25) is 0 Å². The van der Waals surface area contributed by atoms with E-state index in [1.54, 1.807) is 0 Å². The van der Waals surface area contributed by atoms with Gasteiger partial charge in [-0.3, -0.25) is 0 Å². The lowest BCUT2D eigenvalue weighted by Crippen LogP contribution is -2.44. The molecule has 1 saturated heterocycles. The molecule has 1 aromatic rings. The van der Waals surface area contributed by atoms with Gasteiger partial charge in [0.05, 0.1) is 6.61 Å². The molecule has 0 spiro atoms. The summed E-state index contributed by atoms with van der Waals surface area (Å²) in [6.07, 6.45) is 2.47. The van der Waals surface area contributed by atoms with Crippen molar-refractivity contribution in [3.8, 4) is 0 Å². The van der Waals surface area contributed by atoms with Crippen molar-refractivity contribution in [2.45, 2.75) is 52.3 Å². The molecule has 1 aromatic carbocycles. The van der Waals surface area contributed by atoms with Crippen molar-refractivity contribution in [1.82, 2.24) is 10.2 Å². The minimum Gasteiger partial charge on any atom is -0.392 e. The average molecular weight is 290 g/mol. The van der Waals surface area contributed by atoms with Gasteiger partial charge in [0.1, 0.15) is 0 Å². The van der Waals surface area contributed by atoms with Crippen LogP contribution in [-0.4, -0.2) is 35.7 Å². The molecule has 21 heavy (non-hydrogen) atoms. The van der Waals surface area contributed by atoms with Crippen molar-refractivity contribution in [3.05, 3.63) is 35.4 Å². The molecule has 2 N–H and O–H groups in total. The van der Waals surface area contributed by atoms with E-state index >= 15 is 0 Å². The number of likely N-dealkylation sites (tertiary alicyclic amines) is 1. The van der Waals surface area contributed by atoms with Crippen LogP contribution in [-0.2, 0) is 6.61 Å². The molecule has 0 aromatic heterocycles. The van der Waals surface area contributed by atoms with E-state index in [0.717, 1.165) is 11.5 Å². The predicted octanol–water partition coefficient (Wildman–Crippen LogP) is 2.95. The zero-order chi connectivity index (χ0) is 15.2. The monoisotopic (exact) mass is 290 g/mol. The van der Waals surface area contributed by atoms with Crippen molar-refractivity contribution in [2.75, 3.05) is 19.6 Å². The van der Waals surface area contributed by atoms with Crippen molar-refractivity contribution < 1.29 is 5.11 Å². The van der Waals surface area contributed by atoms with Crippen LogP contribution in [0, 0.1) is 5.92 Å². The summed E-state index contributed by atoms with van der Waals surface area (Å²) in [6.45, 7) is 10.6. The van der Waals surface area contributed by atoms with Crippen LogP contribution in [0.25, 0.3) is 0 Å². The highest BCUT2D eigenvalue weighted by atomic mass is 16.3. The van der Waals surface area contributed by atoms with Gasteiger partial charge in [-0.15, -0.1) is 0 Å². The molecule has 118 valence electrons. The van der Waals surface area contributed by atoms with Gasteiger partial charge in [0, 0.05) is 18.6 Å². The molecule has 0 saturated carbocycles. The summed E-state index contributed by atoms with van der Waals surface area (Å²) in [6, 6.07) is 9.21. The summed E-state index contributed by atoms with van der Waals surface area (Å²) in [4.78, 5) is 2.58. The Bertz CT molecular complexity index is 425. The van der Waals surface area contributed by atoms with E-state index in [1.807, 2.05) is 12.1 Å². The van der Waals surface area contributed by atoms with Gasteiger partial charge >= 0.3 is 0 Å². The highest BCUT2D eigenvalue weighted by molar-refractivity contribution is 5.25. The average Bonchev–Trinajstić information content (AvgIpc) is 2.49. The molecule has 1 atom stereocenters. The molecule has 0 radical (unpaired) electrons. The Balaban J connectivity index is 1.82. The maximum absolute atomic E-state index is 9.24. The molecule has 1 aliphatic rings. The quantitative estimate of drug-likeness (QED) is 0.845. The molecule has 1 fully saturated rings. The zero-order valence-electron chi connectivity index (χ0n) is 13.7. The fourth-order valence-electron chi connectivity index (χ4n) is 3.21. The Morgan fingerprint density at radius 1 is 1.24 bits per heavy atom. The maximum atomic E-state index is 9.24. The lowest BCUT2D eigenvalue weighted by Gasteiger charge is -2.34. The zero-order valence-corrected chi connectivity index (χ0v) is 13.7. The van der Waals surface area contributed by atoms with Crippen LogP contribution in [0.1, 0.15) is 50.8 Å². The molecule has 0 amide bonds. The molecule has 0 unspecified atom stereocenters. The fourth-order valence-corrected chi connectivity index (χ4v) is 3.21. The van der Waals surface area contributed by atoms with Crippen molar-refractivity contribution >= 4 is 0 Å². The lowest BCUT2D eigenvalue weighted by atomic mass is 10.00. The predicted molar refractivity (Wildman–Crippen MR) is 88.2 cm³/mol. The summed E-state index contributed by atoms with van der Waals surface area (Å²) in [5.74, 6) is 0.759. The fraction of sp³-hybridized carbons (Fsp3) is 0.667. The number of hydrogen-bond acceptors (Lipinski definition) is 3. The van der Waals surface area contributed by atoms with E-state index in [-0.39, 0.29) is 6.61 Å². The number of rotatable bonds is 6. The van der Waals surface area contributed by atoms with E-state index in [2.05, 4.69) is 43.1 Å². The minimum absolute atomic E-state index is 0.119. The van der Waals surface area contributed by atoms with Gasteiger partial charge < -0.3 is 15.3 Å². The van der Waals surface area contributed by atoms with Gasteiger partial charge in [-0.1, -0.05) is 38.1 Å². The van der Waals surface area contributed by atoms with Crippen LogP contribution in [0.3, 0.4) is 0 Å². The number of piperidine rings is 1. The molecule has 3 heteroatoms.